The maximum absolute atomic E-state index is 12.7. The molecule has 0 aliphatic heterocycles. The summed E-state index contributed by atoms with van der Waals surface area (Å²) in [4.78, 5) is 0. The molecule has 0 amide bonds. The lowest BCUT2D eigenvalue weighted by Crippen LogP contribution is -2.26. The summed E-state index contributed by atoms with van der Waals surface area (Å²) in [6.45, 7) is 5.54. The van der Waals surface area contributed by atoms with E-state index in [0.29, 0.717) is 18.8 Å². The lowest BCUT2D eigenvalue weighted by molar-refractivity contribution is -0.137. The first-order chi connectivity index (χ1) is 8.99. The number of alkyl halides is 3. The summed E-state index contributed by atoms with van der Waals surface area (Å²) in [5.74, 6) is 0. The van der Waals surface area contributed by atoms with Crippen molar-refractivity contribution in [3.63, 3.8) is 0 Å². The van der Waals surface area contributed by atoms with Crippen LogP contribution in [0.1, 0.15) is 37.4 Å². The second kappa shape index (κ2) is 7.50. The van der Waals surface area contributed by atoms with Crippen LogP contribution in [0.2, 0.25) is 0 Å². The van der Waals surface area contributed by atoms with Gasteiger partial charge in [-0.1, -0.05) is 19.1 Å². The molecule has 1 rings (SSSR count). The molecular formula is C14H20F3NO. The van der Waals surface area contributed by atoms with E-state index in [1.165, 1.54) is 12.1 Å². The Hall–Kier alpha value is -1.07. The van der Waals surface area contributed by atoms with Gasteiger partial charge in [-0.25, -0.2) is 0 Å². The highest BCUT2D eigenvalue weighted by Gasteiger charge is 2.30. The van der Waals surface area contributed by atoms with E-state index in [2.05, 4.69) is 5.32 Å². The SMILES string of the molecule is CCCNC(COCC)c1cccc(C(F)(F)F)c1. The topological polar surface area (TPSA) is 21.3 Å². The molecule has 1 N–H and O–H groups in total. The number of hydrogen-bond acceptors (Lipinski definition) is 2. The Bertz CT molecular complexity index is 371. The molecule has 0 heterocycles. The summed E-state index contributed by atoms with van der Waals surface area (Å²) in [6.07, 6.45) is -3.39. The van der Waals surface area contributed by atoms with Gasteiger partial charge in [0.05, 0.1) is 18.2 Å². The number of ether oxygens (including phenoxy) is 1. The van der Waals surface area contributed by atoms with Crippen molar-refractivity contribution in [3.05, 3.63) is 35.4 Å². The van der Waals surface area contributed by atoms with Crippen LogP contribution in [-0.2, 0) is 10.9 Å². The van der Waals surface area contributed by atoms with Gasteiger partial charge in [-0.2, -0.15) is 13.2 Å². The standard InChI is InChI=1S/C14H20F3NO/c1-3-8-18-13(10-19-4-2)11-6-5-7-12(9-11)14(15,16)17/h5-7,9,13,18H,3-4,8,10H2,1-2H3. The van der Waals surface area contributed by atoms with E-state index in [-0.39, 0.29) is 6.04 Å². The van der Waals surface area contributed by atoms with Crippen LogP contribution in [0.3, 0.4) is 0 Å². The molecule has 1 unspecified atom stereocenters. The first kappa shape index (κ1) is 16.0. The smallest absolute Gasteiger partial charge is 0.380 e. The third-order valence-electron chi connectivity index (χ3n) is 2.75. The largest absolute Gasteiger partial charge is 0.416 e. The van der Waals surface area contributed by atoms with Gasteiger partial charge in [0.1, 0.15) is 0 Å². The maximum Gasteiger partial charge on any atom is 0.416 e. The molecule has 1 aromatic rings. The van der Waals surface area contributed by atoms with Crippen LogP contribution in [0.25, 0.3) is 0 Å². The van der Waals surface area contributed by atoms with Gasteiger partial charge in [0.25, 0.3) is 0 Å². The van der Waals surface area contributed by atoms with Crippen molar-refractivity contribution in [1.29, 1.82) is 0 Å². The molecule has 0 aliphatic carbocycles. The summed E-state index contributed by atoms with van der Waals surface area (Å²) >= 11 is 0. The molecule has 108 valence electrons. The summed E-state index contributed by atoms with van der Waals surface area (Å²) in [5, 5.41) is 3.21. The number of nitrogens with one attached hydrogen (secondary N) is 1. The van der Waals surface area contributed by atoms with Gasteiger partial charge in [0.2, 0.25) is 0 Å². The molecule has 19 heavy (non-hydrogen) atoms. The molecule has 0 spiro atoms. The number of halogens is 3. The van der Waals surface area contributed by atoms with Crippen molar-refractivity contribution in [1.82, 2.24) is 5.32 Å². The minimum absolute atomic E-state index is 0.206. The average molecular weight is 275 g/mol. The van der Waals surface area contributed by atoms with Gasteiger partial charge in [-0.3, -0.25) is 0 Å². The van der Waals surface area contributed by atoms with Crippen LogP contribution in [0.5, 0.6) is 0 Å². The molecule has 0 aromatic heterocycles. The first-order valence-corrected chi connectivity index (χ1v) is 6.47. The first-order valence-electron chi connectivity index (χ1n) is 6.47. The van der Waals surface area contributed by atoms with Gasteiger partial charge in [-0.15, -0.1) is 0 Å². The molecule has 5 heteroatoms. The number of hydrogen-bond donors (Lipinski definition) is 1. The van der Waals surface area contributed by atoms with E-state index in [0.717, 1.165) is 19.0 Å². The van der Waals surface area contributed by atoms with Crippen molar-refractivity contribution in [2.45, 2.75) is 32.5 Å². The second-order valence-electron chi connectivity index (χ2n) is 4.29. The van der Waals surface area contributed by atoms with Crippen LogP contribution >= 0.6 is 0 Å². The van der Waals surface area contributed by atoms with E-state index in [4.69, 9.17) is 4.74 Å². The van der Waals surface area contributed by atoms with E-state index >= 15 is 0 Å². The van der Waals surface area contributed by atoms with Crippen molar-refractivity contribution < 1.29 is 17.9 Å². The lowest BCUT2D eigenvalue weighted by atomic mass is 10.0. The van der Waals surface area contributed by atoms with Crippen molar-refractivity contribution in [2.24, 2.45) is 0 Å². The predicted octanol–water partition coefficient (Wildman–Crippen LogP) is 3.78. The lowest BCUT2D eigenvalue weighted by Gasteiger charge is -2.20. The fourth-order valence-corrected chi connectivity index (χ4v) is 1.76. The van der Waals surface area contributed by atoms with E-state index in [9.17, 15) is 13.2 Å². The highest BCUT2D eigenvalue weighted by molar-refractivity contribution is 5.28. The van der Waals surface area contributed by atoms with E-state index in [1.54, 1.807) is 6.07 Å². The highest BCUT2D eigenvalue weighted by atomic mass is 19.4. The molecule has 0 saturated heterocycles. The molecule has 1 aromatic carbocycles. The zero-order chi connectivity index (χ0) is 14.3. The molecule has 0 fully saturated rings. The Morgan fingerprint density at radius 3 is 2.58 bits per heavy atom. The minimum Gasteiger partial charge on any atom is -0.380 e. The molecule has 2 nitrogen and oxygen atoms in total. The molecule has 0 bridgehead atoms. The van der Waals surface area contributed by atoms with Crippen LogP contribution in [0.4, 0.5) is 13.2 Å². The Morgan fingerprint density at radius 1 is 1.26 bits per heavy atom. The molecule has 0 aliphatic rings. The van der Waals surface area contributed by atoms with Crippen LogP contribution in [0, 0.1) is 0 Å². The second-order valence-corrected chi connectivity index (χ2v) is 4.29. The van der Waals surface area contributed by atoms with E-state index < -0.39 is 11.7 Å². The van der Waals surface area contributed by atoms with Gasteiger partial charge in [0, 0.05) is 6.61 Å². The zero-order valence-corrected chi connectivity index (χ0v) is 11.3. The normalized spacial score (nSPS) is 13.5. The van der Waals surface area contributed by atoms with Gasteiger partial charge in [-0.05, 0) is 37.6 Å². The molecule has 0 radical (unpaired) electrons. The quantitative estimate of drug-likeness (QED) is 0.817. The van der Waals surface area contributed by atoms with Crippen molar-refractivity contribution in [3.8, 4) is 0 Å². The Balaban J connectivity index is 2.88. The predicted molar refractivity (Wildman–Crippen MR) is 69.0 cm³/mol. The minimum atomic E-state index is -4.31. The van der Waals surface area contributed by atoms with Crippen LogP contribution < -0.4 is 5.32 Å². The molecular weight excluding hydrogens is 255 g/mol. The van der Waals surface area contributed by atoms with Gasteiger partial charge < -0.3 is 10.1 Å². The summed E-state index contributed by atoms with van der Waals surface area (Å²) in [6, 6.07) is 5.20. The van der Waals surface area contributed by atoms with E-state index in [1.807, 2.05) is 13.8 Å². The monoisotopic (exact) mass is 275 g/mol. The van der Waals surface area contributed by atoms with Gasteiger partial charge >= 0.3 is 6.18 Å². The summed E-state index contributed by atoms with van der Waals surface area (Å²) < 4.78 is 43.4. The highest BCUT2D eigenvalue weighted by Crippen LogP contribution is 2.30. The Labute approximate surface area is 112 Å². The summed E-state index contributed by atoms with van der Waals surface area (Å²) in [5.41, 5.74) is -0.0125. The van der Waals surface area contributed by atoms with Crippen LogP contribution in [0.15, 0.2) is 24.3 Å². The molecule has 1 atom stereocenters. The summed E-state index contributed by atoms with van der Waals surface area (Å²) in [7, 11) is 0. The average Bonchev–Trinajstić information content (AvgIpc) is 2.38. The fourth-order valence-electron chi connectivity index (χ4n) is 1.76. The zero-order valence-electron chi connectivity index (χ0n) is 11.3. The Morgan fingerprint density at radius 2 is 2.00 bits per heavy atom. The fraction of sp³-hybridized carbons (Fsp3) is 0.571. The van der Waals surface area contributed by atoms with Gasteiger partial charge in [0.15, 0.2) is 0 Å². The Kier molecular flexibility index (Phi) is 6.31. The number of rotatable bonds is 7. The van der Waals surface area contributed by atoms with Crippen molar-refractivity contribution >= 4 is 0 Å². The third kappa shape index (κ3) is 5.20. The van der Waals surface area contributed by atoms with Crippen molar-refractivity contribution in [2.75, 3.05) is 19.8 Å². The molecule has 0 saturated carbocycles. The number of benzene rings is 1. The third-order valence-corrected chi connectivity index (χ3v) is 2.75. The van der Waals surface area contributed by atoms with Crippen LogP contribution in [-0.4, -0.2) is 19.8 Å². The maximum atomic E-state index is 12.7.